The lowest BCUT2D eigenvalue weighted by atomic mass is 9.85. The van der Waals surface area contributed by atoms with Crippen LogP contribution < -0.4 is 5.32 Å². The van der Waals surface area contributed by atoms with E-state index in [0.717, 1.165) is 13.1 Å². The van der Waals surface area contributed by atoms with Crippen LogP contribution in [-0.4, -0.2) is 38.1 Å². The highest BCUT2D eigenvalue weighted by atomic mass is 15.1. The third-order valence-corrected chi connectivity index (χ3v) is 2.41. The van der Waals surface area contributed by atoms with Crippen molar-refractivity contribution in [1.29, 1.82) is 0 Å². The fraction of sp³-hybridized carbons (Fsp3) is 1.00. The van der Waals surface area contributed by atoms with Crippen molar-refractivity contribution >= 4 is 0 Å². The van der Waals surface area contributed by atoms with E-state index in [2.05, 4.69) is 52.0 Å². The number of hydrogen-bond donors (Lipinski definition) is 1. The highest BCUT2D eigenvalue weighted by molar-refractivity contribution is 4.82. The number of nitrogens with zero attached hydrogens (tertiary/aromatic N) is 1. The predicted molar refractivity (Wildman–Crippen MR) is 55.5 cm³/mol. The third kappa shape index (κ3) is 4.07. The number of rotatable bonds is 5. The molecule has 0 aromatic heterocycles. The van der Waals surface area contributed by atoms with Crippen LogP contribution in [0.2, 0.25) is 0 Å². The Morgan fingerprint density at radius 1 is 1.33 bits per heavy atom. The van der Waals surface area contributed by atoms with E-state index in [9.17, 15) is 0 Å². The van der Waals surface area contributed by atoms with Crippen LogP contribution >= 0.6 is 0 Å². The lowest BCUT2D eigenvalue weighted by Crippen LogP contribution is -2.45. The molecule has 0 fully saturated rings. The third-order valence-electron chi connectivity index (χ3n) is 2.41. The Morgan fingerprint density at radius 2 is 1.83 bits per heavy atom. The van der Waals surface area contributed by atoms with Crippen molar-refractivity contribution in [2.75, 3.05) is 27.2 Å². The molecule has 1 N–H and O–H groups in total. The maximum atomic E-state index is 3.46. The highest BCUT2D eigenvalue weighted by Gasteiger charge is 2.25. The predicted octanol–water partition coefficient (Wildman–Crippen LogP) is 1.57. The van der Waals surface area contributed by atoms with Crippen LogP contribution in [0, 0.1) is 5.41 Å². The van der Waals surface area contributed by atoms with Gasteiger partial charge in [-0.3, -0.25) is 0 Å². The molecule has 74 valence electrons. The molecule has 12 heavy (non-hydrogen) atoms. The van der Waals surface area contributed by atoms with E-state index in [4.69, 9.17) is 0 Å². The topological polar surface area (TPSA) is 15.3 Å². The van der Waals surface area contributed by atoms with Gasteiger partial charge in [-0.15, -0.1) is 0 Å². The summed E-state index contributed by atoms with van der Waals surface area (Å²) >= 11 is 0. The normalized spacial score (nSPS) is 15.2. The molecule has 0 saturated carbocycles. The van der Waals surface area contributed by atoms with Crippen LogP contribution in [0.5, 0.6) is 0 Å². The SMILES string of the molecule is CCNC(C)C(C)(C)CN(C)C. The van der Waals surface area contributed by atoms with Gasteiger partial charge < -0.3 is 10.2 Å². The van der Waals surface area contributed by atoms with Gasteiger partial charge in [-0.05, 0) is 33.0 Å². The van der Waals surface area contributed by atoms with Crippen LogP contribution in [0.3, 0.4) is 0 Å². The van der Waals surface area contributed by atoms with Crippen molar-refractivity contribution in [3.8, 4) is 0 Å². The summed E-state index contributed by atoms with van der Waals surface area (Å²) in [6, 6.07) is 0.574. The molecule has 0 spiro atoms. The molecule has 0 amide bonds. The first-order valence-electron chi connectivity index (χ1n) is 4.78. The van der Waals surface area contributed by atoms with Crippen molar-refractivity contribution < 1.29 is 0 Å². The van der Waals surface area contributed by atoms with Gasteiger partial charge in [0.25, 0.3) is 0 Å². The zero-order valence-electron chi connectivity index (χ0n) is 9.44. The fourth-order valence-corrected chi connectivity index (χ4v) is 1.53. The Bertz CT molecular complexity index is 119. The Hall–Kier alpha value is -0.0800. The smallest absolute Gasteiger partial charge is 0.0102 e. The maximum absolute atomic E-state index is 3.46. The van der Waals surface area contributed by atoms with Crippen molar-refractivity contribution in [2.45, 2.75) is 33.7 Å². The second kappa shape index (κ2) is 4.83. The Kier molecular flexibility index (Phi) is 4.80. The molecular weight excluding hydrogens is 148 g/mol. The molecule has 2 nitrogen and oxygen atoms in total. The lowest BCUT2D eigenvalue weighted by molar-refractivity contribution is 0.185. The summed E-state index contributed by atoms with van der Waals surface area (Å²) in [5, 5.41) is 3.46. The van der Waals surface area contributed by atoms with Crippen LogP contribution in [0.25, 0.3) is 0 Å². The first kappa shape index (κ1) is 11.9. The van der Waals surface area contributed by atoms with Crippen LogP contribution in [0.4, 0.5) is 0 Å². The largest absolute Gasteiger partial charge is 0.314 e. The van der Waals surface area contributed by atoms with Crippen molar-refractivity contribution in [1.82, 2.24) is 10.2 Å². The molecule has 0 aliphatic heterocycles. The Morgan fingerprint density at radius 3 is 2.17 bits per heavy atom. The standard InChI is InChI=1S/C10H24N2/c1-7-11-9(2)10(3,4)8-12(5)6/h9,11H,7-8H2,1-6H3. The van der Waals surface area contributed by atoms with Crippen molar-refractivity contribution in [3.63, 3.8) is 0 Å². The molecule has 0 rings (SSSR count). The molecule has 0 aromatic rings. The van der Waals surface area contributed by atoms with Crippen LogP contribution in [-0.2, 0) is 0 Å². The van der Waals surface area contributed by atoms with Gasteiger partial charge in [0.15, 0.2) is 0 Å². The van der Waals surface area contributed by atoms with E-state index in [-0.39, 0.29) is 0 Å². The lowest BCUT2D eigenvalue weighted by Gasteiger charge is -2.34. The summed E-state index contributed by atoms with van der Waals surface area (Å²) in [5.74, 6) is 0. The van der Waals surface area contributed by atoms with Crippen LogP contribution in [0.15, 0.2) is 0 Å². The summed E-state index contributed by atoms with van der Waals surface area (Å²) in [6.07, 6.45) is 0. The van der Waals surface area contributed by atoms with E-state index in [1.54, 1.807) is 0 Å². The molecular formula is C10H24N2. The van der Waals surface area contributed by atoms with Gasteiger partial charge in [-0.2, -0.15) is 0 Å². The van der Waals surface area contributed by atoms with E-state index >= 15 is 0 Å². The van der Waals surface area contributed by atoms with Crippen molar-refractivity contribution in [3.05, 3.63) is 0 Å². The molecule has 0 aliphatic rings. The maximum Gasteiger partial charge on any atom is 0.0102 e. The summed E-state index contributed by atoms with van der Waals surface area (Å²) in [7, 11) is 4.25. The van der Waals surface area contributed by atoms with E-state index in [1.165, 1.54) is 0 Å². The Balaban J connectivity index is 3.99. The van der Waals surface area contributed by atoms with Gasteiger partial charge in [-0.25, -0.2) is 0 Å². The van der Waals surface area contributed by atoms with E-state index in [0.29, 0.717) is 11.5 Å². The molecule has 0 aliphatic carbocycles. The van der Waals surface area contributed by atoms with Gasteiger partial charge in [0.2, 0.25) is 0 Å². The molecule has 2 heteroatoms. The molecule has 0 aromatic carbocycles. The second-order valence-corrected chi connectivity index (χ2v) is 4.51. The van der Waals surface area contributed by atoms with Gasteiger partial charge in [0.05, 0.1) is 0 Å². The molecule has 0 saturated heterocycles. The van der Waals surface area contributed by atoms with Gasteiger partial charge >= 0.3 is 0 Å². The zero-order chi connectivity index (χ0) is 9.78. The summed E-state index contributed by atoms with van der Waals surface area (Å²) in [5.41, 5.74) is 0.347. The molecule has 0 radical (unpaired) electrons. The summed E-state index contributed by atoms with van der Waals surface area (Å²) in [6.45, 7) is 11.2. The molecule has 0 heterocycles. The average molecular weight is 172 g/mol. The first-order chi connectivity index (χ1) is 5.40. The minimum Gasteiger partial charge on any atom is -0.314 e. The highest BCUT2D eigenvalue weighted by Crippen LogP contribution is 2.20. The van der Waals surface area contributed by atoms with Gasteiger partial charge in [0, 0.05) is 12.6 Å². The zero-order valence-corrected chi connectivity index (χ0v) is 9.44. The summed E-state index contributed by atoms with van der Waals surface area (Å²) in [4.78, 5) is 2.24. The van der Waals surface area contributed by atoms with E-state index in [1.807, 2.05) is 0 Å². The minimum atomic E-state index is 0.347. The Labute approximate surface area is 77.3 Å². The second-order valence-electron chi connectivity index (χ2n) is 4.51. The fourth-order valence-electron chi connectivity index (χ4n) is 1.53. The minimum absolute atomic E-state index is 0.347. The molecule has 1 atom stereocenters. The first-order valence-corrected chi connectivity index (χ1v) is 4.78. The summed E-state index contributed by atoms with van der Waals surface area (Å²) < 4.78 is 0. The van der Waals surface area contributed by atoms with Crippen molar-refractivity contribution in [2.24, 2.45) is 5.41 Å². The quantitative estimate of drug-likeness (QED) is 0.677. The van der Waals surface area contributed by atoms with E-state index < -0.39 is 0 Å². The van der Waals surface area contributed by atoms with Gasteiger partial charge in [-0.1, -0.05) is 20.8 Å². The number of hydrogen-bond acceptors (Lipinski definition) is 2. The monoisotopic (exact) mass is 172 g/mol. The molecule has 0 bridgehead atoms. The molecule has 1 unspecified atom stereocenters. The average Bonchev–Trinajstić information content (AvgIpc) is 1.85. The van der Waals surface area contributed by atoms with Gasteiger partial charge in [0.1, 0.15) is 0 Å². The number of nitrogens with one attached hydrogen (secondary N) is 1. The van der Waals surface area contributed by atoms with Crippen LogP contribution in [0.1, 0.15) is 27.7 Å².